The third kappa shape index (κ3) is 7.34. The predicted molar refractivity (Wildman–Crippen MR) is 48.3 cm³/mol. The van der Waals surface area contributed by atoms with Crippen LogP contribution in [0.4, 0.5) is 0 Å². The Labute approximate surface area is 73.4 Å². The first kappa shape index (κ1) is 11.2. The molecule has 0 aromatic heterocycles. The molecule has 0 aliphatic rings. The molecule has 0 amide bonds. The van der Waals surface area contributed by atoms with Gasteiger partial charge in [-0.05, 0) is 26.7 Å². The zero-order valence-electron chi connectivity index (χ0n) is 7.79. The molecule has 0 aliphatic heterocycles. The van der Waals surface area contributed by atoms with E-state index in [1.165, 1.54) is 0 Å². The number of unbranched alkanes of at least 4 members (excludes halogenated alkanes) is 1. The fourth-order valence-electron chi connectivity index (χ4n) is 0.777. The molecule has 0 saturated carbocycles. The van der Waals surface area contributed by atoms with E-state index in [1.54, 1.807) is 0 Å². The van der Waals surface area contributed by atoms with Crippen LogP contribution < -0.4 is 5.73 Å². The lowest BCUT2D eigenvalue weighted by Crippen LogP contribution is -2.11. The second kappa shape index (κ2) is 6.91. The van der Waals surface area contributed by atoms with E-state index in [0.717, 1.165) is 19.4 Å². The first-order chi connectivity index (χ1) is 5.66. The van der Waals surface area contributed by atoms with E-state index in [1.807, 2.05) is 13.8 Å². The fourth-order valence-corrected chi connectivity index (χ4v) is 0.777. The highest BCUT2D eigenvalue weighted by molar-refractivity contribution is 5.79. The van der Waals surface area contributed by atoms with Crippen molar-refractivity contribution in [2.45, 2.75) is 39.2 Å². The first-order valence-electron chi connectivity index (χ1n) is 4.24. The molecule has 0 rings (SSSR count). The number of amidine groups is 1. The van der Waals surface area contributed by atoms with Gasteiger partial charge in [0.25, 0.3) is 0 Å². The molecule has 4 nitrogen and oxygen atoms in total. The Balaban J connectivity index is 3.11. The number of nitrogens with zero attached hydrogens (tertiary/aromatic N) is 1. The molecule has 0 radical (unpaired) electrons. The molecule has 0 unspecified atom stereocenters. The monoisotopic (exact) mass is 174 g/mol. The summed E-state index contributed by atoms with van der Waals surface area (Å²) in [5.74, 6) is 0.291. The molecule has 12 heavy (non-hydrogen) atoms. The molecule has 72 valence electrons. The average Bonchev–Trinajstić information content (AvgIpc) is 2.03. The van der Waals surface area contributed by atoms with Gasteiger partial charge in [-0.15, -0.1) is 0 Å². The maximum absolute atomic E-state index is 8.21. The van der Waals surface area contributed by atoms with Crippen molar-refractivity contribution >= 4 is 5.84 Å². The van der Waals surface area contributed by atoms with Gasteiger partial charge < -0.3 is 15.7 Å². The van der Waals surface area contributed by atoms with Gasteiger partial charge in [0.2, 0.25) is 0 Å². The van der Waals surface area contributed by atoms with E-state index in [0.29, 0.717) is 12.3 Å². The minimum atomic E-state index is 0.286. The summed E-state index contributed by atoms with van der Waals surface area (Å²) in [7, 11) is 0. The van der Waals surface area contributed by atoms with Crippen molar-refractivity contribution in [3.8, 4) is 0 Å². The molecule has 0 aliphatic carbocycles. The highest BCUT2D eigenvalue weighted by Gasteiger charge is 1.95. The Bertz CT molecular complexity index is 135. The Kier molecular flexibility index (Phi) is 6.47. The molecular formula is C8H18N2O2. The standard InChI is InChI=1S/C8H18N2O2/c1-7(2)12-6-4-3-5-8(9)10-11/h7,11H,3-6H2,1-2H3,(H2,9,10). The molecule has 0 bridgehead atoms. The van der Waals surface area contributed by atoms with Gasteiger partial charge in [-0.1, -0.05) is 5.16 Å². The molecule has 0 atom stereocenters. The quantitative estimate of drug-likeness (QED) is 0.210. The van der Waals surface area contributed by atoms with Crippen molar-refractivity contribution in [2.75, 3.05) is 6.61 Å². The summed E-state index contributed by atoms with van der Waals surface area (Å²) in [6.45, 7) is 4.75. The summed E-state index contributed by atoms with van der Waals surface area (Å²) >= 11 is 0. The lowest BCUT2D eigenvalue weighted by molar-refractivity contribution is 0.0763. The van der Waals surface area contributed by atoms with Crippen LogP contribution in [0.1, 0.15) is 33.1 Å². The van der Waals surface area contributed by atoms with Crippen molar-refractivity contribution in [3.05, 3.63) is 0 Å². The molecule has 4 heteroatoms. The van der Waals surface area contributed by atoms with Crippen LogP contribution in [0.25, 0.3) is 0 Å². The molecular weight excluding hydrogens is 156 g/mol. The van der Waals surface area contributed by atoms with Crippen LogP contribution in [-0.4, -0.2) is 23.8 Å². The molecule has 0 aromatic carbocycles. The van der Waals surface area contributed by atoms with Gasteiger partial charge in [0.15, 0.2) is 0 Å². The molecule has 0 spiro atoms. The Hall–Kier alpha value is -0.770. The largest absolute Gasteiger partial charge is 0.409 e. The van der Waals surface area contributed by atoms with Crippen LogP contribution in [0.15, 0.2) is 5.16 Å². The Morgan fingerprint density at radius 1 is 1.50 bits per heavy atom. The van der Waals surface area contributed by atoms with Crippen molar-refractivity contribution in [1.29, 1.82) is 0 Å². The minimum absolute atomic E-state index is 0.286. The maximum atomic E-state index is 8.21. The number of nitrogens with two attached hydrogens (primary N) is 1. The summed E-state index contributed by atoms with van der Waals surface area (Å²) in [4.78, 5) is 0. The first-order valence-corrected chi connectivity index (χ1v) is 4.24. The van der Waals surface area contributed by atoms with Crippen LogP contribution in [0, 0.1) is 0 Å². The van der Waals surface area contributed by atoms with Crippen molar-refractivity contribution in [1.82, 2.24) is 0 Å². The zero-order valence-corrected chi connectivity index (χ0v) is 7.79. The van der Waals surface area contributed by atoms with Crippen LogP contribution in [0.3, 0.4) is 0 Å². The number of hydrogen-bond acceptors (Lipinski definition) is 3. The normalized spacial score (nSPS) is 12.4. The fraction of sp³-hybridized carbons (Fsp3) is 0.875. The molecule has 3 N–H and O–H groups in total. The van der Waals surface area contributed by atoms with Gasteiger partial charge >= 0.3 is 0 Å². The Morgan fingerprint density at radius 2 is 2.17 bits per heavy atom. The lowest BCUT2D eigenvalue weighted by Gasteiger charge is -2.06. The zero-order chi connectivity index (χ0) is 9.40. The number of oxime groups is 1. The van der Waals surface area contributed by atoms with E-state index in [4.69, 9.17) is 15.7 Å². The van der Waals surface area contributed by atoms with Crippen molar-refractivity contribution in [2.24, 2.45) is 10.9 Å². The van der Waals surface area contributed by atoms with Crippen molar-refractivity contribution in [3.63, 3.8) is 0 Å². The van der Waals surface area contributed by atoms with Crippen LogP contribution in [-0.2, 0) is 4.74 Å². The average molecular weight is 174 g/mol. The summed E-state index contributed by atoms with van der Waals surface area (Å²) in [6, 6.07) is 0. The van der Waals surface area contributed by atoms with E-state index in [-0.39, 0.29) is 6.10 Å². The van der Waals surface area contributed by atoms with E-state index < -0.39 is 0 Å². The molecule has 0 heterocycles. The van der Waals surface area contributed by atoms with E-state index in [2.05, 4.69) is 5.16 Å². The van der Waals surface area contributed by atoms with Gasteiger partial charge in [0, 0.05) is 13.0 Å². The third-order valence-corrected chi connectivity index (χ3v) is 1.41. The maximum Gasteiger partial charge on any atom is 0.139 e. The second-order valence-corrected chi connectivity index (χ2v) is 2.97. The Morgan fingerprint density at radius 3 is 2.67 bits per heavy atom. The summed E-state index contributed by atoms with van der Waals surface area (Å²) < 4.78 is 5.31. The minimum Gasteiger partial charge on any atom is -0.409 e. The smallest absolute Gasteiger partial charge is 0.139 e. The number of ether oxygens (including phenoxy) is 1. The van der Waals surface area contributed by atoms with Gasteiger partial charge in [-0.2, -0.15) is 0 Å². The van der Waals surface area contributed by atoms with Gasteiger partial charge in [-0.25, -0.2) is 0 Å². The number of hydrogen-bond donors (Lipinski definition) is 2. The third-order valence-electron chi connectivity index (χ3n) is 1.41. The predicted octanol–water partition coefficient (Wildman–Crippen LogP) is 1.33. The van der Waals surface area contributed by atoms with Crippen LogP contribution >= 0.6 is 0 Å². The SMILES string of the molecule is CC(C)OCCCCC(N)=NO. The second-order valence-electron chi connectivity index (χ2n) is 2.97. The molecule has 0 aromatic rings. The molecule has 0 saturated heterocycles. The highest BCUT2D eigenvalue weighted by atomic mass is 16.5. The summed E-state index contributed by atoms with van der Waals surface area (Å²) in [5.41, 5.74) is 5.27. The van der Waals surface area contributed by atoms with Crippen LogP contribution in [0.5, 0.6) is 0 Å². The van der Waals surface area contributed by atoms with E-state index in [9.17, 15) is 0 Å². The number of rotatable bonds is 6. The summed E-state index contributed by atoms with van der Waals surface area (Å²) in [5, 5.41) is 11.1. The molecule has 0 fully saturated rings. The van der Waals surface area contributed by atoms with Crippen LogP contribution in [0.2, 0.25) is 0 Å². The summed E-state index contributed by atoms with van der Waals surface area (Å²) in [6.07, 6.45) is 2.78. The van der Waals surface area contributed by atoms with Gasteiger partial charge in [-0.3, -0.25) is 0 Å². The lowest BCUT2D eigenvalue weighted by atomic mass is 10.2. The van der Waals surface area contributed by atoms with Crippen molar-refractivity contribution < 1.29 is 9.94 Å². The van der Waals surface area contributed by atoms with Gasteiger partial charge in [0.1, 0.15) is 5.84 Å². The van der Waals surface area contributed by atoms with Gasteiger partial charge in [0.05, 0.1) is 6.10 Å². The highest BCUT2D eigenvalue weighted by Crippen LogP contribution is 1.97. The topological polar surface area (TPSA) is 67.8 Å². The van der Waals surface area contributed by atoms with E-state index >= 15 is 0 Å².